The highest BCUT2D eigenvalue weighted by Gasteiger charge is 2.17. The highest BCUT2D eigenvalue weighted by molar-refractivity contribution is 8.22. The van der Waals surface area contributed by atoms with Crippen molar-refractivity contribution in [2.75, 3.05) is 6.61 Å². The molecule has 2 nitrogen and oxygen atoms in total. The van der Waals surface area contributed by atoms with Crippen LogP contribution in [0.5, 0.6) is 5.75 Å². The summed E-state index contributed by atoms with van der Waals surface area (Å²) in [6.07, 6.45) is 0. The van der Waals surface area contributed by atoms with Crippen LogP contribution in [0.3, 0.4) is 0 Å². The highest BCUT2D eigenvalue weighted by Crippen LogP contribution is 2.54. The first-order chi connectivity index (χ1) is 8.12. The summed E-state index contributed by atoms with van der Waals surface area (Å²) in [5.74, 6) is -2.04. The van der Waals surface area contributed by atoms with Gasteiger partial charge < -0.3 is 9.05 Å². The quantitative estimate of drug-likeness (QED) is 0.758. The van der Waals surface area contributed by atoms with Gasteiger partial charge in [0.05, 0.1) is 6.61 Å². The lowest BCUT2D eigenvalue weighted by Gasteiger charge is -2.16. The minimum Gasteiger partial charge on any atom is -0.432 e. The second kappa shape index (κ2) is 5.36. The molecule has 0 spiro atoms. The fraction of sp³-hybridized carbons (Fsp3) is 0.167. The average molecular weight is 287 g/mol. The van der Waals surface area contributed by atoms with Crippen molar-refractivity contribution in [3.63, 3.8) is 0 Å². The van der Waals surface area contributed by atoms with Crippen LogP contribution in [0.4, 0.5) is 0 Å². The summed E-state index contributed by atoms with van der Waals surface area (Å²) in [4.78, 5) is 0. The van der Waals surface area contributed by atoms with Crippen LogP contribution >= 0.6 is 17.1 Å². The number of rotatable bonds is 4. The molecular formula is C12H12ClO2PS. The molecule has 2 rings (SSSR count). The van der Waals surface area contributed by atoms with Gasteiger partial charge in [-0.05, 0) is 41.4 Å². The van der Waals surface area contributed by atoms with Crippen molar-refractivity contribution in [2.24, 2.45) is 0 Å². The van der Waals surface area contributed by atoms with E-state index in [0.717, 1.165) is 10.8 Å². The summed E-state index contributed by atoms with van der Waals surface area (Å²) in [6.45, 7) is 2.29. The highest BCUT2D eigenvalue weighted by atomic mass is 35.7. The van der Waals surface area contributed by atoms with Gasteiger partial charge >= 0.3 is 5.84 Å². The second-order valence-electron chi connectivity index (χ2n) is 3.42. The number of hydrogen-bond acceptors (Lipinski definition) is 3. The molecule has 2 aromatic carbocycles. The van der Waals surface area contributed by atoms with Gasteiger partial charge in [-0.3, -0.25) is 0 Å². The molecule has 0 saturated carbocycles. The van der Waals surface area contributed by atoms with Crippen LogP contribution in [0, 0.1) is 0 Å². The van der Waals surface area contributed by atoms with E-state index < -0.39 is 5.84 Å². The van der Waals surface area contributed by atoms with E-state index >= 15 is 0 Å². The average Bonchev–Trinajstić information content (AvgIpc) is 2.29. The van der Waals surface area contributed by atoms with E-state index in [1.807, 2.05) is 49.4 Å². The van der Waals surface area contributed by atoms with Gasteiger partial charge in [0.25, 0.3) is 0 Å². The van der Waals surface area contributed by atoms with E-state index in [1.165, 1.54) is 0 Å². The molecule has 0 heterocycles. The Balaban J connectivity index is 2.39. The van der Waals surface area contributed by atoms with E-state index in [-0.39, 0.29) is 0 Å². The van der Waals surface area contributed by atoms with Crippen molar-refractivity contribution in [3.05, 3.63) is 42.5 Å². The first-order valence-electron chi connectivity index (χ1n) is 5.24. The van der Waals surface area contributed by atoms with E-state index in [1.54, 1.807) is 0 Å². The maximum absolute atomic E-state index is 6.05. The molecule has 0 aliphatic rings. The van der Waals surface area contributed by atoms with Crippen LogP contribution in [0.2, 0.25) is 0 Å². The molecule has 0 aliphatic heterocycles. The molecule has 1 unspecified atom stereocenters. The Morgan fingerprint density at radius 3 is 2.65 bits per heavy atom. The van der Waals surface area contributed by atoms with Gasteiger partial charge in [0.15, 0.2) is 0 Å². The van der Waals surface area contributed by atoms with Crippen LogP contribution in [0.15, 0.2) is 42.5 Å². The van der Waals surface area contributed by atoms with Crippen LogP contribution in [0.1, 0.15) is 6.92 Å². The molecule has 0 fully saturated rings. The van der Waals surface area contributed by atoms with Gasteiger partial charge in [0.1, 0.15) is 5.75 Å². The lowest BCUT2D eigenvalue weighted by Crippen LogP contribution is -1.92. The van der Waals surface area contributed by atoms with Crippen LogP contribution < -0.4 is 4.52 Å². The molecule has 17 heavy (non-hydrogen) atoms. The van der Waals surface area contributed by atoms with Crippen molar-refractivity contribution in [2.45, 2.75) is 6.92 Å². The van der Waals surface area contributed by atoms with E-state index in [9.17, 15) is 0 Å². The number of halogens is 1. The van der Waals surface area contributed by atoms with Crippen molar-refractivity contribution in [3.8, 4) is 5.75 Å². The van der Waals surface area contributed by atoms with Crippen molar-refractivity contribution < 1.29 is 9.05 Å². The zero-order chi connectivity index (χ0) is 12.3. The Bertz CT molecular complexity index is 568. The molecular weight excluding hydrogens is 275 g/mol. The van der Waals surface area contributed by atoms with Gasteiger partial charge in [0, 0.05) is 5.39 Å². The third-order valence-electron chi connectivity index (χ3n) is 2.24. The molecule has 0 saturated heterocycles. The zero-order valence-electron chi connectivity index (χ0n) is 9.30. The van der Waals surface area contributed by atoms with Gasteiger partial charge in [0.2, 0.25) is 0 Å². The Morgan fingerprint density at radius 1 is 1.18 bits per heavy atom. The predicted molar refractivity (Wildman–Crippen MR) is 76.3 cm³/mol. The minimum absolute atomic E-state index is 0.450. The van der Waals surface area contributed by atoms with Crippen LogP contribution in [-0.4, -0.2) is 6.61 Å². The minimum atomic E-state index is -2.71. The molecule has 90 valence electrons. The lowest BCUT2D eigenvalue weighted by atomic mass is 10.1. The summed E-state index contributed by atoms with van der Waals surface area (Å²) >= 11 is 11.2. The Hall–Kier alpha value is -0.600. The SMILES string of the molecule is CCOP(=S)(Cl)Oc1cccc2ccccc12. The van der Waals surface area contributed by atoms with E-state index in [0.29, 0.717) is 12.4 Å². The summed E-state index contributed by atoms with van der Waals surface area (Å²) in [5, 5.41) is 2.08. The van der Waals surface area contributed by atoms with Crippen molar-refractivity contribution >= 4 is 39.7 Å². The summed E-state index contributed by atoms with van der Waals surface area (Å²) in [6, 6.07) is 13.7. The summed E-state index contributed by atoms with van der Waals surface area (Å²) < 4.78 is 10.9. The maximum Gasteiger partial charge on any atom is 0.332 e. The first-order valence-corrected chi connectivity index (χ1v) is 8.78. The topological polar surface area (TPSA) is 18.5 Å². The smallest absolute Gasteiger partial charge is 0.332 e. The number of hydrogen-bond donors (Lipinski definition) is 0. The normalized spacial score (nSPS) is 14.5. The Morgan fingerprint density at radius 2 is 1.88 bits per heavy atom. The second-order valence-corrected chi connectivity index (χ2v) is 8.10. The standard InChI is InChI=1S/C12H12ClO2PS/c1-2-14-16(13,17)15-12-9-5-7-10-6-3-4-8-11(10)12/h3-9H,2H2,1H3. The summed E-state index contributed by atoms with van der Waals surface area (Å²) in [7, 11) is 0. The van der Waals surface area contributed by atoms with Crippen LogP contribution in [0.25, 0.3) is 10.8 Å². The molecule has 0 aromatic heterocycles. The van der Waals surface area contributed by atoms with Gasteiger partial charge in [-0.15, -0.1) is 0 Å². The van der Waals surface area contributed by atoms with Gasteiger partial charge in [-0.2, -0.15) is 0 Å². The first kappa shape index (κ1) is 12.8. The molecule has 0 N–H and O–H groups in total. The third kappa shape index (κ3) is 3.20. The molecule has 0 amide bonds. The molecule has 0 bridgehead atoms. The largest absolute Gasteiger partial charge is 0.432 e. The van der Waals surface area contributed by atoms with Gasteiger partial charge in [-0.1, -0.05) is 36.4 Å². The maximum atomic E-state index is 6.05. The summed E-state index contributed by atoms with van der Waals surface area (Å²) in [5.41, 5.74) is 0. The zero-order valence-corrected chi connectivity index (χ0v) is 11.8. The van der Waals surface area contributed by atoms with E-state index in [4.69, 9.17) is 32.1 Å². The van der Waals surface area contributed by atoms with Crippen molar-refractivity contribution in [1.82, 2.24) is 0 Å². The monoisotopic (exact) mass is 286 g/mol. The molecule has 5 heteroatoms. The Kier molecular flexibility index (Phi) is 4.05. The fourth-order valence-electron chi connectivity index (χ4n) is 1.57. The third-order valence-corrected chi connectivity index (χ3v) is 4.26. The Labute approximate surface area is 110 Å². The number of benzene rings is 2. The lowest BCUT2D eigenvalue weighted by molar-refractivity contribution is 0.344. The molecule has 2 aromatic rings. The van der Waals surface area contributed by atoms with Crippen molar-refractivity contribution in [1.29, 1.82) is 0 Å². The van der Waals surface area contributed by atoms with E-state index in [2.05, 4.69) is 0 Å². The predicted octanol–water partition coefficient (Wildman–Crippen LogP) is 4.72. The van der Waals surface area contributed by atoms with Gasteiger partial charge in [-0.25, -0.2) is 0 Å². The molecule has 0 aliphatic carbocycles. The van der Waals surface area contributed by atoms with Crippen LogP contribution in [-0.2, 0) is 16.3 Å². The molecule has 0 radical (unpaired) electrons. The fourth-order valence-corrected chi connectivity index (χ4v) is 3.40. The number of fused-ring (bicyclic) bond motifs is 1. The molecule has 1 atom stereocenters.